The van der Waals surface area contributed by atoms with Crippen LogP contribution in [0.5, 0.6) is 0 Å². The summed E-state index contributed by atoms with van der Waals surface area (Å²) < 4.78 is 27.6. The maximum absolute atomic E-state index is 13.7. The van der Waals surface area contributed by atoms with Crippen LogP contribution < -0.4 is 4.90 Å². The fourth-order valence-corrected chi connectivity index (χ4v) is 1.98. The second kappa shape index (κ2) is 6.09. The summed E-state index contributed by atoms with van der Waals surface area (Å²) >= 11 is 3.24. The van der Waals surface area contributed by atoms with E-state index in [0.29, 0.717) is 12.4 Å². The van der Waals surface area contributed by atoms with Gasteiger partial charge < -0.3 is 0 Å². The molecule has 0 saturated carbocycles. The largest absolute Gasteiger partial charge is 0.293 e. The quantitative estimate of drug-likeness (QED) is 0.851. The van der Waals surface area contributed by atoms with Gasteiger partial charge in [-0.3, -0.25) is 9.69 Å². The maximum Gasteiger partial charge on any atom is 0.262 e. The van der Waals surface area contributed by atoms with E-state index in [1.54, 1.807) is 19.1 Å². The molecule has 0 N–H and O–H groups in total. The molecule has 6 heteroatoms. The molecule has 1 amide bonds. The molecule has 20 heavy (non-hydrogen) atoms. The van der Waals surface area contributed by atoms with Gasteiger partial charge in [0.15, 0.2) is 0 Å². The third-order valence-electron chi connectivity index (χ3n) is 2.71. The average Bonchev–Trinajstić information content (AvgIpc) is 2.44. The first-order valence-corrected chi connectivity index (χ1v) is 6.70. The number of pyridine rings is 1. The number of aromatic nitrogens is 1. The predicted octanol–water partition coefficient (Wildman–Crippen LogP) is 3.79. The third kappa shape index (κ3) is 3.01. The molecule has 0 saturated heterocycles. The molecule has 1 aromatic carbocycles. The second-order valence-electron chi connectivity index (χ2n) is 4.01. The summed E-state index contributed by atoms with van der Waals surface area (Å²) in [6.45, 7) is 2.03. The minimum Gasteiger partial charge on any atom is -0.293 e. The summed E-state index contributed by atoms with van der Waals surface area (Å²) in [6, 6.07) is 6.15. The van der Waals surface area contributed by atoms with E-state index in [0.717, 1.165) is 22.7 Å². The van der Waals surface area contributed by atoms with Gasteiger partial charge in [0.05, 0.1) is 5.56 Å². The van der Waals surface area contributed by atoms with E-state index >= 15 is 0 Å². The Morgan fingerprint density at radius 3 is 2.65 bits per heavy atom. The number of hydrogen-bond donors (Lipinski definition) is 0. The Balaban J connectivity index is 2.38. The normalized spacial score (nSPS) is 10.4. The van der Waals surface area contributed by atoms with Gasteiger partial charge in [0.1, 0.15) is 17.5 Å². The number of carbonyl (C=O) groups is 1. The van der Waals surface area contributed by atoms with E-state index in [2.05, 4.69) is 20.9 Å². The summed E-state index contributed by atoms with van der Waals surface area (Å²) in [7, 11) is 0. The standard InChI is InChI=1S/C14H11BrF2N2O/c1-2-19(13-6-3-9(15)8-18-13)14(20)11-7-10(16)4-5-12(11)17/h3-8H,2H2,1H3. The zero-order valence-electron chi connectivity index (χ0n) is 10.6. The Kier molecular flexibility index (Phi) is 4.44. The van der Waals surface area contributed by atoms with Gasteiger partial charge in [0, 0.05) is 17.2 Å². The molecular formula is C14H11BrF2N2O. The topological polar surface area (TPSA) is 33.2 Å². The summed E-state index contributed by atoms with van der Waals surface area (Å²) in [4.78, 5) is 17.7. The summed E-state index contributed by atoms with van der Waals surface area (Å²) in [5, 5.41) is 0. The minimum absolute atomic E-state index is 0.295. The Labute approximate surface area is 123 Å². The van der Waals surface area contributed by atoms with Crippen LogP contribution in [-0.2, 0) is 0 Å². The van der Waals surface area contributed by atoms with Crippen LogP contribution in [0.3, 0.4) is 0 Å². The second-order valence-corrected chi connectivity index (χ2v) is 4.92. The van der Waals surface area contributed by atoms with Crippen molar-refractivity contribution in [2.24, 2.45) is 0 Å². The Bertz CT molecular complexity index is 632. The molecular weight excluding hydrogens is 330 g/mol. The van der Waals surface area contributed by atoms with E-state index in [1.807, 2.05) is 0 Å². The highest BCUT2D eigenvalue weighted by atomic mass is 79.9. The lowest BCUT2D eigenvalue weighted by Gasteiger charge is -2.20. The number of halogens is 3. The van der Waals surface area contributed by atoms with Gasteiger partial charge in [-0.25, -0.2) is 13.8 Å². The molecule has 0 atom stereocenters. The van der Waals surface area contributed by atoms with Crippen LogP contribution in [0.2, 0.25) is 0 Å². The van der Waals surface area contributed by atoms with E-state index in [-0.39, 0.29) is 5.56 Å². The summed E-state index contributed by atoms with van der Waals surface area (Å²) in [5.41, 5.74) is -0.309. The Morgan fingerprint density at radius 1 is 1.30 bits per heavy atom. The van der Waals surface area contributed by atoms with Crippen LogP contribution in [0.25, 0.3) is 0 Å². The minimum atomic E-state index is -0.757. The van der Waals surface area contributed by atoms with Crippen molar-refractivity contribution >= 4 is 27.7 Å². The van der Waals surface area contributed by atoms with Gasteiger partial charge >= 0.3 is 0 Å². The average molecular weight is 341 g/mol. The first-order valence-electron chi connectivity index (χ1n) is 5.91. The maximum atomic E-state index is 13.7. The first kappa shape index (κ1) is 14.6. The number of anilines is 1. The van der Waals surface area contributed by atoms with Gasteiger partial charge in [-0.05, 0) is 53.2 Å². The summed E-state index contributed by atoms with van der Waals surface area (Å²) in [5.74, 6) is -1.66. The van der Waals surface area contributed by atoms with E-state index in [1.165, 1.54) is 11.1 Å². The lowest BCUT2D eigenvalue weighted by Crippen LogP contribution is -2.32. The monoisotopic (exact) mass is 340 g/mol. The van der Waals surface area contributed by atoms with Crippen LogP contribution in [0.4, 0.5) is 14.6 Å². The smallest absolute Gasteiger partial charge is 0.262 e. The lowest BCUT2D eigenvalue weighted by molar-refractivity contribution is 0.0983. The molecule has 0 aliphatic heterocycles. The number of hydrogen-bond acceptors (Lipinski definition) is 2. The van der Waals surface area contributed by atoms with Crippen molar-refractivity contribution in [2.45, 2.75) is 6.92 Å². The van der Waals surface area contributed by atoms with Crippen LogP contribution in [0.1, 0.15) is 17.3 Å². The highest BCUT2D eigenvalue weighted by Gasteiger charge is 2.21. The molecule has 2 rings (SSSR count). The van der Waals surface area contributed by atoms with Crippen molar-refractivity contribution in [3.8, 4) is 0 Å². The van der Waals surface area contributed by atoms with Crippen LogP contribution >= 0.6 is 15.9 Å². The van der Waals surface area contributed by atoms with Crippen molar-refractivity contribution in [1.29, 1.82) is 0 Å². The highest BCUT2D eigenvalue weighted by Crippen LogP contribution is 2.19. The van der Waals surface area contributed by atoms with Crippen molar-refractivity contribution in [1.82, 2.24) is 4.98 Å². The molecule has 104 valence electrons. The molecule has 0 bridgehead atoms. The predicted molar refractivity (Wildman–Crippen MR) is 75.6 cm³/mol. The molecule has 0 spiro atoms. The van der Waals surface area contributed by atoms with E-state index < -0.39 is 17.5 Å². The van der Waals surface area contributed by atoms with Gasteiger partial charge in [0.25, 0.3) is 5.91 Å². The molecule has 2 aromatic rings. The van der Waals surface area contributed by atoms with Crippen LogP contribution in [0, 0.1) is 11.6 Å². The number of nitrogens with zero attached hydrogens (tertiary/aromatic N) is 2. The molecule has 0 aliphatic rings. The highest BCUT2D eigenvalue weighted by molar-refractivity contribution is 9.10. The number of rotatable bonds is 3. The van der Waals surface area contributed by atoms with Gasteiger partial charge in [-0.15, -0.1) is 0 Å². The molecule has 0 radical (unpaired) electrons. The molecule has 0 aliphatic carbocycles. The molecule has 3 nitrogen and oxygen atoms in total. The van der Waals surface area contributed by atoms with Gasteiger partial charge in [0.2, 0.25) is 0 Å². The van der Waals surface area contributed by atoms with Crippen molar-refractivity contribution in [3.63, 3.8) is 0 Å². The fraction of sp³-hybridized carbons (Fsp3) is 0.143. The molecule has 1 aromatic heterocycles. The Hall–Kier alpha value is -1.82. The fourth-order valence-electron chi connectivity index (χ4n) is 1.74. The number of carbonyl (C=O) groups excluding carboxylic acids is 1. The SMILES string of the molecule is CCN(C(=O)c1cc(F)ccc1F)c1ccc(Br)cn1. The van der Waals surface area contributed by atoms with E-state index in [4.69, 9.17) is 0 Å². The molecule has 0 fully saturated rings. The number of benzene rings is 1. The summed E-state index contributed by atoms with van der Waals surface area (Å²) in [6.07, 6.45) is 1.53. The molecule has 0 unspecified atom stereocenters. The van der Waals surface area contributed by atoms with E-state index in [9.17, 15) is 13.6 Å². The van der Waals surface area contributed by atoms with Crippen molar-refractivity contribution in [3.05, 3.63) is 58.2 Å². The van der Waals surface area contributed by atoms with Crippen LogP contribution in [-0.4, -0.2) is 17.4 Å². The Morgan fingerprint density at radius 2 is 2.05 bits per heavy atom. The zero-order valence-corrected chi connectivity index (χ0v) is 12.2. The van der Waals surface area contributed by atoms with Crippen LogP contribution in [0.15, 0.2) is 41.0 Å². The van der Waals surface area contributed by atoms with Gasteiger partial charge in [-0.1, -0.05) is 0 Å². The lowest BCUT2D eigenvalue weighted by atomic mass is 10.1. The number of amides is 1. The van der Waals surface area contributed by atoms with Crippen molar-refractivity contribution < 1.29 is 13.6 Å². The molecule has 1 heterocycles. The zero-order chi connectivity index (χ0) is 14.7. The van der Waals surface area contributed by atoms with Crippen molar-refractivity contribution in [2.75, 3.05) is 11.4 Å². The first-order chi connectivity index (χ1) is 9.52. The van der Waals surface area contributed by atoms with Gasteiger partial charge in [-0.2, -0.15) is 0 Å². The third-order valence-corrected chi connectivity index (χ3v) is 3.18.